The molecule has 0 bridgehead atoms. The van der Waals surface area contributed by atoms with Crippen molar-refractivity contribution in [1.82, 2.24) is 14.3 Å². The van der Waals surface area contributed by atoms with Crippen molar-refractivity contribution in [3.8, 4) is 11.5 Å². The lowest BCUT2D eigenvalue weighted by molar-refractivity contribution is 0.0663. The van der Waals surface area contributed by atoms with E-state index in [1.165, 1.54) is 0 Å². The lowest BCUT2D eigenvalue weighted by Crippen LogP contribution is -2.42. The van der Waals surface area contributed by atoms with E-state index < -0.39 is 6.17 Å². The maximum Gasteiger partial charge on any atom is 0.258 e. The van der Waals surface area contributed by atoms with Gasteiger partial charge in [0.2, 0.25) is 6.79 Å². The Kier molecular flexibility index (Phi) is 3.67. The Morgan fingerprint density at radius 3 is 2.83 bits per heavy atom. The predicted molar refractivity (Wildman–Crippen MR) is 110 cm³/mol. The lowest BCUT2D eigenvalue weighted by Gasteiger charge is -2.37. The highest BCUT2D eigenvalue weighted by molar-refractivity contribution is 6.01. The number of fused-ring (bicyclic) bond motifs is 3. The number of carbonyl (C=O) groups is 1. The van der Waals surface area contributed by atoms with Crippen molar-refractivity contribution < 1.29 is 14.3 Å². The molecule has 4 aromatic rings. The molecule has 0 fully saturated rings. The van der Waals surface area contributed by atoms with Crippen molar-refractivity contribution in [2.45, 2.75) is 12.7 Å². The molecule has 7 nitrogen and oxygen atoms in total. The van der Waals surface area contributed by atoms with Gasteiger partial charge in [0.05, 0.1) is 5.56 Å². The Balaban J connectivity index is 1.42. The molecule has 2 aromatic carbocycles. The van der Waals surface area contributed by atoms with Crippen LogP contribution in [0.1, 0.15) is 27.8 Å². The topological polar surface area (TPSA) is 68.1 Å². The zero-order valence-electron chi connectivity index (χ0n) is 16.0. The van der Waals surface area contributed by atoms with Crippen LogP contribution in [0.15, 0.2) is 73.1 Å². The average molecular weight is 398 g/mol. The maximum absolute atomic E-state index is 13.4. The van der Waals surface area contributed by atoms with Crippen molar-refractivity contribution in [3.63, 3.8) is 0 Å². The van der Waals surface area contributed by atoms with Gasteiger partial charge in [-0.3, -0.25) is 4.79 Å². The number of hydrogen-bond donors (Lipinski definition) is 1. The first-order valence-electron chi connectivity index (χ1n) is 9.75. The molecular formula is C23H18N4O3. The summed E-state index contributed by atoms with van der Waals surface area (Å²) < 4.78 is 12.9. The highest BCUT2D eigenvalue weighted by Gasteiger charge is 2.34. The molecule has 0 aliphatic carbocycles. The minimum absolute atomic E-state index is 0.0379. The van der Waals surface area contributed by atoms with Gasteiger partial charge in [-0.1, -0.05) is 24.3 Å². The van der Waals surface area contributed by atoms with E-state index in [1.54, 1.807) is 0 Å². The van der Waals surface area contributed by atoms with Gasteiger partial charge in [-0.2, -0.15) is 0 Å². The van der Waals surface area contributed by atoms with Gasteiger partial charge in [-0.25, -0.2) is 4.98 Å². The first-order valence-corrected chi connectivity index (χ1v) is 9.75. The summed E-state index contributed by atoms with van der Waals surface area (Å²) >= 11 is 0. The number of imidazole rings is 1. The predicted octanol–water partition coefficient (Wildman–Crippen LogP) is 3.83. The molecule has 0 saturated heterocycles. The van der Waals surface area contributed by atoms with Gasteiger partial charge in [0.15, 0.2) is 11.5 Å². The molecule has 0 spiro atoms. The fourth-order valence-corrected chi connectivity index (χ4v) is 4.01. The fourth-order valence-electron chi connectivity index (χ4n) is 4.01. The Bertz CT molecular complexity index is 1250. The minimum atomic E-state index is -0.391. The van der Waals surface area contributed by atoms with Crippen LogP contribution in [0.2, 0.25) is 0 Å². The monoisotopic (exact) mass is 398 g/mol. The van der Waals surface area contributed by atoms with Crippen molar-refractivity contribution >= 4 is 17.2 Å². The molecule has 0 radical (unpaired) electrons. The van der Waals surface area contributed by atoms with Gasteiger partial charge in [-0.15, -0.1) is 0 Å². The van der Waals surface area contributed by atoms with Gasteiger partial charge in [0, 0.05) is 24.6 Å². The van der Waals surface area contributed by atoms with Crippen molar-refractivity contribution in [2.24, 2.45) is 0 Å². The fraction of sp³-hybridized carbons (Fsp3) is 0.130. The van der Waals surface area contributed by atoms with Crippen LogP contribution in [0.3, 0.4) is 0 Å². The van der Waals surface area contributed by atoms with Gasteiger partial charge < -0.3 is 24.1 Å². The summed E-state index contributed by atoms with van der Waals surface area (Å²) in [5.74, 6) is 1.39. The van der Waals surface area contributed by atoms with Crippen LogP contribution < -0.4 is 14.8 Å². The van der Waals surface area contributed by atoms with Crippen LogP contribution in [0.25, 0.3) is 5.65 Å². The van der Waals surface area contributed by atoms with E-state index in [2.05, 4.69) is 5.32 Å². The molecule has 0 unspecified atom stereocenters. The van der Waals surface area contributed by atoms with E-state index in [4.69, 9.17) is 14.5 Å². The van der Waals surface area contributed by atoms with Crippen LogP contribution in [-0.2, 0) is 6.54 Å². The highest BCUT2D eigenvalue weighted by atomic mass is 16.7. The molecule has 30 heavy (non-hydrogen) atoms. The summed E-state index contributed by atoms with van der Waals surface area (Å²) in [5.41, 5.74) is 4.04. The molecule has 2 aromatic heterocycles. The third-order valence-electron chi connectivity index (χ3n) is 5.47. The van der Waals surface area contributed by atoms with Crippen molar-refractivity contribution in [2.75, 3.05) is 12.1 Å². The zero-order valence-corrected chi connectivity index (χ0v) is 16.0. The smallest absolute Gasteiger partial charge is 0.258 e. The minimum Gasteiger partial charge on any atom is -0.454 e. The molecule has 148 valence electrons. The molecule has 2 aliphatic rings. The third kappa shape index (κ3) is 2.67. The number of amides is 1. The number of nitrogens with one attached hydrogen (secondary N) is 1. The van der Waals surface area contributed by atoms with E-state index in [0.717, 1.165) is 28.3 Å². The third-order valence-corrected chi connectivity index (χ3v) is 5.47. The number of para-hydroxylation sites is 1. The number of nitrogens with zero attached hydrogens (tertiary/aromatic N) is 3. The van der Waals surface area contributed by atoms with E-state index in [-0.39, 0.29) is 12.7 Å². The van der Waals surface area contributed by atoms with Crippen molar-refractivity contribution in [3.05, 3.63) is 89.9 Å². The Morgan fingerprint density at radius 2 is 1.90 bits per heavy atom. The molecule has 1 atom stereocenters. The molecule has 6 rings (SSSR count). The van der Waals surface area contributed by atoms with Crippen LogP contribution in [0.4, 0.5) is 5.69 Å². The lowest BCUT2D eigenvalue weighted by atomic mass is 10.0. The summed E-state index contributed by atoms with van der Waals surface area (Å²) in [6.45, 7) is 0.635. The maximum atomic E-state index is 13.4. The molecule has 4 heterocycles. The summed E-state index contributed by atoms with van der Waals surface area (Å²) in [4.78, 5) is 20.0. The number of rotatable bonds is 3. The van der Waals surface area contributed by atoms with Crippen LogP contribution in [-0.4, -0.2) is 27.0 Å². The van der Waals surface area contributed by atoms with E-state index >= 15 is 0 Å². The van der Waals surface area contributed by atoms with Gasteiger partial charge in [0.25, 0.3) is 5.91 Å². The zero-order chi connectivity index (χ0) is 20.1. The summed E-state index contributed by atoms with van der Waals surface area (Å²) in [6, 6.07) is 19.2. The largest absolute Gasteiger partial charge is 0.454 e. The van der Waals surface area contributed by atoms with Crippen LogP contribution >= 0.6 is 0 Å². The number of ether oxygens (including phenoxy) is 2. The van der Waals surface area contributed by atoms with E-state index in [9.17, 15) is 4.79 Å². The van der Waals surface area contributed by atoms with E-state index in [0.29, 0.717) is 17.9 Å². The van der Waals surface area contributed by atoms with Crippen molar-refractivity contribution in [1.29, 1.82) is 0 Å². The highest BCUT2D eigenvalue weighted by Crippen LogP contribution is 2.36. The quantitative estimate of drug-likeness (QED) is 0.568. The molecule has 1 N–H and O–H groups in total. The normalized spacial score (nSPS) is 17.1. The van der Waals surface area contributed by atoms with Gasteiger partial charge >= 0.3 is 0 Å². The second-order valence-corrected chi connectivity index (χ2v) is 7.35. The first-order chi connectivity index (χ1) is 14.8. The Morgan fingerprint density at radius 1 is 1.03 bits per heavy atom. The molecular weight excluding hydrogens is 380 g/mol. The summed E-state index contributed by atoms with van der Waals surface area (Å²) in [5, 5.41) is 3.50. The van der Waals surface area contributed by atoms with Crippen LogP contribution in [0, 0.1) is 0 Å². The molecule has 7 heteroatoms. The SMILES string of the molecule is O=C1c2ccccc2N[C@@H](c2cn3ccccc3n2)N1Cc1ccc2c(c1)OCO2. The standard InChI is InChI=1S/C23H18N4O3/c28-23-16-5-1-2-6-17(16)25-22(18-13-26-10-4-3-7-21(26)24-18)27(23)12-15-8-9-19-20(11-15)30-14-29-19/h1-11,13,22,25H,12,14H2/t22-/m1/s1. The van der Waals surface area contributed by atoms with Gasteiger partial charge in [0.1, 0.15) is 17.5 Å². The number of aromatic nitrogens is 2. The van der Waals surface area contributed by atoms with Gasteiger partial charge in [-0.05, 0) is 42.0 Å². The second kappa shape index (κ2) is 6.52. The average Bonchev–Trinajstić information content (AvgIpc) is 3.42. The molecule has 1 amide bonds. The summed E-state index contributed by atoms with van der Waals surface area (Å²) in [7, 11) is 0. The molecule has 2 aliphatic heterocycles. The Labute approximate surface area is 172 Å². The van der Waals surface area contributed by atoms with E-state index in [1.807, 2.05) is 82.4 Å². The molecule has 0 saturated carbocycles. The number of benzene rings is 2. The summed E-state index contributed by atoms with van der Waals surface area (Å²) in [6.07, 6.45) is 3.52. The number of carbonyl (C=O) groups excluding carboxylic acids is 1. The van der Waals surface area contributed by atoms with Crippen LogP contribution in [0.5, 0.6) is 11.5 Å². The second-order valence-electron chi connectivity index (χ2n) is 7.35. The first kappa shape index (κ1) is 16.9. The number of hydrogen-bond acceptors (Lipinski definition) is 5. The Hall–Kier alpha value is -4.00. The number of pyridine rings is 1. The number of anilines is 1.